The van der Waals surface area contributed by atoms with Crippen molar-refractivity contribution in [2.45, 2.75) is 12.7 Å². The Bertz CT molecular complexity index is 2190. The van der Waals surface area contributed by atoms with E-state index in [1.165, 1.54) is 24.3 Å². The van der Waals surface area contributed by atoms with E-state index in [1.54, 1.807) is 0 Å². The van der Waals surface area contributed by atoms with E-state index in [1.807, 2.05) is 0 Å². The molecule has 17 heteroatoms. The lowest BCUT2D eigenvalue weighted by Crippen LogP contribution is -2.30. The lowest BCUT2D eigenvalue weighted by molar-refractivity contribution is -0.138. The maximum Gasteiger partial charge on any atom is 0.416 e. The van der Waals surface area contributed by atoms with Crippen LogP contribution in [0.1, 0.15) is 36.6 Å². The average molecular weight is 750 g/mol. The zero-order valence-corrected chi connectivity index (χ0v) is 25.9. The molecular weight excluding hydrogens is 735 g/mol. The molecule has 2 N–H and O–H groups in total. The van der Waals surface area contributed by atoms with Gasteiger partial charge in [-0.15, -0.1) is 0 Å². The van der Waals surface area contributed by atoms with Crippen LogP contribution in [0, 0.1) is 11.6 Å². The third-order valence-electron chi connectivity index (χ3n) is 7.03. The van der Waals surface area contributed by atoms with Crippen molar-refractivity contribution < 1.29 is 51.0 Å². The van der Waals surface area contributed by atoms with Crippen LogP contribution in [0.15, 0.2) is 71.2 Å². The minimum Gasteiger partial charge on any atom is -0.480 e. The number of halogens is 7. The number of hydrogen-bond donors (Lipinski definition) is 2. The van der Waals surface area contributed by atoms with E-state index in [0.29, 0.717) is 17.0 Å². The molecule has 0 unspecified atom stereocenters. The fraction of sp³-hybridized carbons (Fsp3) is 0.0645. The summed E-state index contributed by atoms with van der Waals surface area (Å²) in [7, 11) is 0. The molecule has 10 nitrogen and oxygen atoms in total. The largest absolute Gasteiger partial charge is 0.480 e. The second-order valence-electron chi connectivity index (χ2n) is 10.2. The van der Waals surface area contributed by atoms with Gasteiger partial charge in [-0.3, -0.25) is 23.9 Å². The molecule has 1 aromatic heterocycles. The highest BCUT2D eigenvalue weighted by Crippen LogP contribution is 2.48. The zero-order chi connectivity index (χ0) is 34.7. The number of aliphatic carboxylic acids is 1. The van der Waals surface area contributed by atoms with Crippen molar-refractivity contribution >= 4 is 73.6 Å². The fourth-order valence-electron chi connectivity index (χ4n) is 5.02. The van der Waals surface area contributed by atoms with Crippen molar-refractivity contribution in [2.75, 3.05) is 10.2 Å². The summed E-state index contributed by atoms with van der Waals surface area (Å²) in [5.74, 6) is -7.85. The number of hydrogen-bond acceptors (Lipinski definition) is 6. The summed E-state index contributed by atoms with van der Waals surface area (Å²) in [4.78, 5) is 52.9. The van der Waals surface area contributed by atoms with Gasteiger partial charge in [-0.05, 0) is 64.5 Å². The summed E-state index contributed by atoms with van der Waals surface area (Å²) in [6, 6.07) is 11.1. The van der Waals surface area contributed by atoms with Crippen molar-refractivity contribution in [3.05, 3.63) is 110 Å². The van der Waals surface area contributed by atoms with Gasteiger partial charge in [-0.25, -0.2) is 13.7 Å². The van der Waals surface area contributed by atoms with Crippen LogP contribution in [0.25, 0.3) is 10.9 Å². The van der Waals surface area contributed by atoms with Gasteiger partial charge in [-0.1, -0.05) is 23.7 Å². The molecule has 0 fully saturated rings. The Kier molecular flexibility index (Phi) is 8.16. The van der Waals surface area contributed by atoms with Gasteiger partial charge in [0.2, 0.25) is 0 Å². The van der Waals surface area contributed by atoms with Crippen molar-refractivity contribution in [3.63, 3.8) is 0 Å². The Labute approximate surface area is 278 Å². The highest BCUT2D eigenvalue weighted by molar-refractivity contribution is 9.10. The zero-order valence-electron chi connectivity index (χ0n) is 23.5. The van der Waals surface area contributed by atoms with Gasteiger partial charge < -0.3 is 15.2 Å². The number of carboxylic acids is 1. The molecule has 0 bridgehead atoms. The van der Waals surface area contributed by atoms with Crippen LogP contribution in [0.3, 0.4) is 0 Å². The number of anilines is 2. The number of alkyl halides is 3. The fourth-order valence-corrected chi connectivity index (χ4v) is 5.81. The second-order valence-corrected chi connectivity index (χ2v) is 11.4. The number of aromatic nitrogens is 2. The van der Waals surface area contributed by atoms with Gasteiger partial charge in [-0.2, -0.15) is 18.3 Å². The van der Waals surface area contributed by atoms with Gasteiger partial charge in [0.1, 0.15) is 23.9 Å². The molecule has 0 radical (unpaired) electrons. The summed E-state index contributed by atoms with van der Waals surface area (Å²) in [6.45, 7) is -0.812. The Morgan fingerprint density at radius 1 is 0.958 bits per heavy atom. The van der Waals surface area contributed by atoms with E-state index >= 15 is 0 Å². The molecule has 4 aromatic carbocycles. The number of amides is 3. The summed E-state index contributed by atoms with van der Waals surface area (Å²) in [5, 5.41) is 15.8. The molecule has 1 aliphatic rings. The first kappa shape index (κ1) is 32.6. The van der Waals surface area contributed by atoms with Crippen LogP contribution in [-0.2, 0) is 17.5 Å². The molecule has 48 heavy (non-hydrogen) atoms. The molecule has 0 aliphatic carbocycles. The molecule has 0 saturated heterocycles. The minimum atomic E-state index is -5.00. The SMILES string of the molecule is O=C(O)Cn1nc(N2C(=O)c3ccccc3C2=O)c2c(Oc3cc(F)ccc3Cl)c(NC(=O)c3cc(F)cc(C(F)(F)F)c3)cc(Br)c21. The van der Waals surface area contributed by atoms with E-state index in [-0.39, 0.29) is 49.0 Å². The first-order valence-electron chi connectivity index (χ1n) is 13.4. The topological polar surface area (TPSA) is 131 Å². The lowest BCUT2D eigenvalue weighted by Gasteiger charge is -2.18. The normalized spacial score (nSPS) is 12.9. The summed E-state index contributed by atoms with van der Waals surface area (Å²) >= 11 is 9.52. The second kappa shape index (κ2) is 12.0. The van der Waals surface area contributed by atoms with Crippen LogP contribution < -0.4 is 15.0 Å². The van der Waals surface area contributed by atoms with Gasteiger partial charge in [0.05, 0.1) is 38.3 Å². The molecule has 2 heterocycles. The number of fused-ring (bicyclic) bond motifs is 2. The monoisotopic (exact) mass is 748 g/mol. The Balaban J connectivity index is 1.61. The molecular formula is C31H15BrClF5N4O6. The van der Waals surface area contributed by atoms with E-state index in [9.17, 15) is 46.2 Å². The van der Waals surface area contributed by atoms with E-state index in [2.05, 4.69) is 26.3 Å². The highest BCUT2D eigenvalue weighted by Gasteiger charge is 2.41. The van der Waals surface area contributed by atoms with Gasteiger partial charge >= 0.3 is 12.1 Å². The number of rotatable bonds is 7. The molecule has 3 amide bonds. The minimum absolute atomic E-state index is 0.00248. The van der Waals surface area contributed by atoms with E-state index in [4.69, 9.17) is 16.3 Å². The molecule has 0 spiro atoms. The number of imide groups is 1. The van der Waals surface area contributed by atoms with Crippen molar-refractivity contribution in [1.29, 1.82) is 0 Å². The van der Waals surface area contributed by atoms with Crippen LogP contribution in [0.4, 0.5) is 33.5 Å². The van der Waals surface area contributed by atoms with Crippen molar-refractivity contribution in [2.24, 2.45) is 0 Å². The number of nitrogens with one attached hydrogen (secondary N) is 1. The molecule has 0 saturated carbocycles. The first-order chi connectivity index (χ1) is 22.6. The molecule has 5 aromatic rings. The predicted molar refractivity (Wildman–Crippen MR) is 163 cm³/mol. The molecule has 244 valence electrons. The standard InChI is InChI=1S/C31H15BrClF5N4O6/c32-19-11-21(39-28(45)13-7-14(31(36,37)38)9-16(35)8-13)26(48-22-10-15(34)5-6-20(22)33)24-25(19)41(12-23(43)44)40-27(24)42-29(46)17-3-1-2-4-18(17)30(42)47/h1-11H,12H2,(H,39,45)(H,43,44). The molecule has 6 rings (SSSR count). The highest BCUT2D eigenvalue weighted by atomic mass is 79.9. The Morgan fingerprint density at radius 2 is 1.62 bits per heavy atom. The predicted octanol–water partition coefficient (Wildman–Crippen LogP) is 7.68. The van der Waals surface area contributed by atoms with E-state index < -0.39 is 70.7 Å². The van der Waals surface area contributed by atoms with Crippen LogP contribution in [0.5, 0.6) is 11.5 Å². The number of carboxylic acid groups (broad SMARTS) is 1. The average Bonchev–Trinajstić information content (AvgIpc) is 3.49. The summed E-state index contributed by atoms with van der Waals surface area (Å²) in [6.07, 6.45) is -5.00. The number of nitrogens with zero attached hydrogens (tertiary/aromatic N) is 3. The third kappa shape index (κ3) is 5.84. The number of carbonyl (C=O) groups is 4. The quantitative estimate of drug-likeness (QED) is 0.129. The van der Waals surface area contributed by atoms with Crippen LogP contribution in [0.2, 0.25) is 5.02 Å². The van der Waals surface area contributed by atoms with Crippen LogP contribution in [-0.4, -0.2) is 38.6 Å². The Morgan fingerprint density at radius 3 is 2.25 bits per heavy atom. The van der Waals surface area contributed by atoms with Gasteiger partial charge in [0.15, 0.2) is 11.6 Å². The summed E-state index contributed by atoms with van der Waals surface area (Å²) < 4.78 is 75.7. The third-order valence-corrected chi connectivity index (χ3v) is 7.95. The van der Waals surface area contributed by atoms with Crippen molar-refractivity contribution in [3.8, 4) is 11.5 Å². The van der Waals surface area contributed by atoms with Crippen LogP contribution >= 0.6 is 27.5 Å². The molecule has 0 atom stereocenters. The van der Waals surface area contributed by atoms with Crippen molar-refractivity contribution in [1.82, 2.24) is 9.78 Å². The van der Waals surface area contributed by atoms with Gasteiger partial charge in [0.25, 0.3) is 17.7 Å². The first-order valence-corrected chi connectivity index (χ1v) is 14.6. The summed E-state index contributed by atoms with van der Waals surface area (Å²) in [5.41, 5.74) is -2.67. The molecule has 1 aliphatic heterocycles. The Hall–Kier alpha value is -5.35. The lowest BCUT2D eigenvalue weighted by atomic mass is 10.1. The smallest absolute Gasteiger partial charge is 0.416 e. The maximum absolute atomic E-state index is 14.3. The number of benzene rings is 4. The van der Waals surface area contributed by atoms with E-state index in [0.717, 1.165) is 28.9 Å². The van der Waals surface area contributed by atoms with Gasteiger partial charge in [0, 0.05) is 16.1 Å². The maximum atomic E-state index is 14.3. The number of ether oxygens (including phenoxy) is 1. The number of carbonyl (C=O) groups excluding carboxylic acids is 3.